The first-order chi connectivity index (χ1) is 17.6. The Balaban J connectivity index is 1.55. The molecule has 0 bridgehead atoms. The molecule has 1 aliphatic heterocycles. The number of nitriles is 1. The van der Waals surface area contributed by atoms with Crippen LogP contribution in [0.3, 0.4) is 0 Å². The summed E-state index contributed by atoms with van der Waals surface area (Å²) in [5, 5.41) is 24.1. The maximum absolute atomic E-state index is 12.8. The van der Waals surface area contributed by atoms with Gasteiger partial charge in [-0.3, -0.25) is 9.48 Å². The molecule has 1 aliphatic carbocycles. The van der Waals surface area contributed by atoms with Crippen LogP contribution in [0.4, 0.5) is 8.78 Å². The summed E-state index contributed by atoms with van der Waals surface area (Å²) in [4.78, 5) is 14.2. The summed E-state index contributed by atoms with van der Waals surface area (Å²) in [5.41, 5.74) is 6.20. The normalized spacial score (nSPS) is 23.7. The molecule has 200 valence electrons. The van der Waals surface area contributed by atoms with Crippen molar-refractivity contribution in [3.05, 3.63) is 47.3 Å². The van der Waals surface area contributed by atoms with Crippen LogP contribution >= 0.6 is 0 Å². The molecule has 9 nitrogen and oxygen atoms in total. The van der Waals surface area contributed by atoms with Crippen molar-refractivity contribution in [3.63, 3.8) is 0 Å². The Morgan fingerprint density at radius 3 is 2.35 bits per heavy atom. The molecule has 2 heterocycles. The van der Waals surface area contributed by atoms with Crippen molar-refractivity contribution >= 4 is 15.7 Å². The fourth-order valence-electron chi connectivity index (χ4n) is 5.47. The molecule has 2 aromatic rings. The van der Waals surface area contributed by atoms with Gasteiger partial charge in [-0.2, -0.15) is 19.1 Å². The monoisotopic (exact) mass is 535 g/mol. The maximum atomic E-state index is 12.8. The number of piperidine rings is 1. The summed E-state index contributed by atoms with van der Waals surface area (Å²) in [6, 6.07) is 7.67. The molecule has 2 aliphatic rings. The minimum Gasteiger partial charge on any atom is -0.393 e. The van der Waals surface area contributed by atoms with Gasteiger partial charge in [0.05, 0.1) is 40.3 Å². The van der Waals surface area contributed by atoms with Gasteiger partial charge in [-0.15, -0.1) is 0 Å². The summed E-state index contributed by atoms with van der Waals surface area (Å²) in [5.74, 6) is -4.19. The molecule has 1 saturated carbocycles. The number of aromatic nitrogens is 2. The highest BCUT2D eigenvalue weighted by atomic mass is 32.2. The first-order valence-electron chi connectivity index (χ1n) is 12.3. The number of amides is 1. The number of carbonyl (C=O) groups excluding carboxylic acids is 1. The fraction of sp³-hybridized carbons (Fsp3) is 0.560. The number of rotatable bonds is 8. The molecular formula is C25H31F2N5O4S. The molecule has 4 rings (SSSR count). The topological polar surface area (TPSA) is 142 Å². The molecule has 1 saturated heterocycles. The average Bonchev–Trinajstić information content (AvgIpc) is 3.30. The van der Waals surface area contributed by atoms with Gasteiger partial charge in [-0.25, -0.2) is 8.42 Å². The predicted octanol–water partition coefficient (Wildman–Crippen LogP) is 2.58. The second-order valence-corrected chi connectivity index (χ2v) is 11.9. The molecule has 12 heteroatoms. The molecule has 2 fully saturated rings. The molecular weight excluding hydrogens is 504 g/mol. The zero-order valence-corrected chi connectivity index (χ0v) is 21.2. The second-order valence-electron chi connectivity index (χ2n) is 9.98. The lowest BCUT2D eigenvalue weighted by Crippen LogP contribution is -2.48. The van der Waals surface area contributed by atoms with Gasteiger partial charge in [-0.1, -0.05) is 12.1 Å². The van der Waals surface area contributed by atoms with E-state index in [1.807, 2.05) is 0 Å². The van der Waals surface area contributed by atoms with Crippen molar-refractivity contribution in [1.29, 1.82) is 5.26 Å². The predicted molar refractivity (Wildman–Crippen MR) is 130 cm³/mol. The number of sulfone groups is 1. The summed E-state index contributed by atoms with van der Waals surface area (Å²) >= 11 is 0. The zero-order chi connectivity index (χ0) is 26.8. The van der Waals surface area contributed by atoms with Crippen LogP contribution in [0, 0.1) is 11.3 Å². The van der Waals surface area contributed by atoms with Crippen LogP contribution in [0.1, 0.15) is 66.6 Å². The van der Waals surface area contributed by atoms with Gasteiger partial charge in [0.2, 0.25) is 9.84 Å². The van der Waals surface area contributed by atoms with E-state index >= 15 is 0 Å². The Bertz CT molecular complexity index is 1260. The van der Waals surface area contributed by atoms with Crippen molar-refractivity contribution in [2.75, 3.05) is 13.1 Å². The van der Waals surface area contributed by atoms with Gasteiger partial charge < -0.3 is 15.7 Å². The summed E-state index contributed by atoms with van der Waals surface area (Å²) < 4.78 is 50.7. The Kier molecular flexibility index (Phi) is 7.96. The zero-order valence-electron chi connectivity index (χ0n) is 20.4. The molecule has 0 unspecified atom stereocenters. The number of hydrogen-bond donors (Lipinski definition) is 2. The Labute approximate surface area is 214 Å². The van der Waals surface area contributed by atoms with E-state index in [1.165, 1.54) is 12.1 Å². The molecule has 0 spiro atoms. The SMILES string of the molecule is N#CCC1(n2cc(C(N)=O)c(Cc3ccc(S(=O)(=O)C(F)F)cc3)n2)CCC(N2CCC(O)CC2)CC1. The number of likely N-dealkylation sites (tertiary alicyclic amines) is 1. The van der Waals surface area contributed by atoms with Crippen LogP contribution in [0.25, 0.3) is 0 Å². The molecule has 0 radical (unpaired) electrons. The van der Waals surface area contributed by atoms with Crippen LogP contribution in [0.2, 0.25) is 0 Å². The highest BCUT2D eigenvalue weighted by molar-refractivity contribution is 7.91. The molecule has 0 atom stereocenters. The van der Waals surface area contributed by atoms with E-state index in [-0.39, 0.29) is 24.5 Å². The van der Waals surface area contributed by atoms with E-state index in [9.17, 15) is 32.4 Å². The summed E-state index contributed by atoms with van der Waals surface area (Å²) in [6.45, 7) is 1.71. The van der Waals surface area contributed by atoms with E-state index in [4.69, 9.17) is 5.73 Å². The number of benzene rings is 1. The van der Waals surface area contributed by atoms with Crippen molar-refractivity contribution in [3.8, 4) is 6.07 Å². The Morgan fingerprint density at radius 1 is 1.19 bits per heavy atom. The van der Waals surface area contributed by atoms with Gasteiger partial charge in [0.25, 0.3) is 5.91 Å². The molecule has 1 aromatic heterocycles. The largest absolute Gasteiger partial charge is 0.393 e. The minimum atomic E-state index is -4.70. The first-order valence-corrected chi connectivity index (χ1v) is 13.9. The molecule has 1 amide bonds. The van der Waals surface area contributed by atoms with Crippen molar-refractivity contribution in [2.24, 2.45) is 5.73 Å². The number of aliphatic hydroxyl groups is 1. The lowest BCUT2D eigenvalue weighted by atomic mass is 9.77. The van der Waals surface area contributed by atoms with Gasteiger partial charge in [-0.05, 0) is 56.2 Å². The number of nitrogens with two attached hydrogens (primary N) is 1. The smallest absolute Gasteiger partial charge is 0.341 e. The van der Waals surface area contributed by atoms with E-state index in [0.717, 1.165) is 50.9 Å². The average molecular weight is 536 g/mol. The lowest BCUT2D eigenvalue weighted by molar-refractivity contribution is 0.0315. The van der Waals surface area contributed by atoms with Crippen LogP contribution in [0.15, 0.2) is 35.4 Å². The number of alkyl halides is 2. The number of halogens is 2. The minimum absolute atomic E-state index is 0.141. The van der Waals surface area contributed by atoms with E-state index < -0.39 is 31.9 Å². The molecule has 1 aromatic carbocycles. The number of nitrogens with zero attached hydrogens (tertiary/aromatic N) is 4. The van der Waals surface area contributed by atoms with E-state index in [0.29, 0.717) is 30.1 Å². The van der Waals surface area contributed by atoms with Crippen LogP contribution < -0.4 is 5.73 Å². The van der Waals surface area contributed by atoms with Gasteiger partial charge >= 0.3 is 5.76 Å². The number of carbonyl (C=O) groups is 1. The number of aliphatic hydroxyl groups excluding tert-OH is 1. The third-order valence-electron chi connectivity index (χ3n) is 7.71. The third-order valence-corrected chi connectivity index (χ3v) is 9.11. The highest BCUT2D eigenvalue weighted by Crippen LogP contribution is 2.40. The summed E-state index contributed by atoms with van der Waals surface area (Å²) in [6.07, 6.45) is 6.35. The Hall–Kier alpha value is -2.88. The second kappa shape index (κ2) is 10.8. The summed E-state index contributed by atoms with van der Waals surface area (Å²) in [7, 11) is -4.70. The van der Waals surface area contributed by atoms with E-state index in [1.54, 1.807) is 10.9 Å². The number of hydrogen-bond acceptors (Lipinski definition) is 7. The van der Waals surface area contributed by atoms with Gasteiger partial charge in [0.15, 0.2) is 0 Å². The van der Waals surface area contributed by atoms with Gasteiger partial charge in [0.1, 0.15) is 0 Å². The van der Waals surface area contributed by atoms with Crippen molar-refractivity contribution < 1.29 is 27.1 Å². The standard InChI is InChI=1S/C25H31F2N5O4S/c26-24(27)37(35,36)20-3-1-17(2-4-20)15-22-21(23(29)34)16-32(30-22)25(11-12-28)9-5-18(6-10-25)31-13-7-19(33)8-14-31/h1-4,16,18-19,24,33H,5-11,13-15H2,(H2,29,34). The van der Waals surface area contributed by atoms with Crippen molar-refractivity contribution in [2.45, 2.75) is 79.7 Å². The number of primary amides is 1. The fourth-order valence-corrected chi connectivity index (χ4v) is 6.19. The van der Waals surface area contributed by atoms with Crippen LogP contribution in [-0.4, -0.2) is 65.1 Å². The highest BCUT2D eigenvalue weighted by Gasteiger charge is 2.40. The third kappa shape index (κ3) is 5.68. The Morgan fingerprint density at radius 2 is 1.81 bits per heavy atom. The molecule has 3 N–H and O–H groups in total. The quantitative estimate of drug-likeness (QED) is 0.529. The van der Waals surface area contributed by atoms with Crippen LogP contribution in [-0.2, 0) is 21.8 Å². The van der Waals surface area contributed by atoms with Gasteiger partial charge in [0, 0.05) is 31.7 Å². The first kappa shape index (κ1) is 27.2. The molecule has 37 heavy (non-hydrogen) atoms. The van der Waals surface area contributed by atoms with Crippen LogP contribution in [0.5, 0.6) is 0 Å². The van der Waals surface area contributed by atoms with Crippen molar-refractivity contribution in [1.82, 2.24) is 14.7 Å². The lowest BCUT2D eigenvalue weighted by Gasteiger charge is -2.44. The maximum Gasteiger partial charge on any atom is 0.341 e. The van der Waals surface area contributed by atoms with E-state index in [2.05, 4.69) is 16.1 Å².